The molecule has 0 saturated heterocycles. The lowest BCUT2D eigenvalue weighted by Crippen LogP contribution is -2.26. The van der Waals surface area contributed by atoms with E-state index in [1.54, 1.807) is 43.6 Å². The molecule has 0 saturated carbocycles. The predicted octanol–water partition coefficient (Wildman–Crippen LogP) is 4.00. The number of benzene rings is 2. The van der Waals surface area contributed by atoms with Gasteiger partial charge in [-0.05, 0) is 52.9 Å². The molecule has 3 aromatic rings. The van der Waals surface area contributed by atoms with E-state index in [-0.39, 0.29) is 16.0 Å². The predicted molar refractivity (Wildman–Crippen MR) is 119 cm³/mol. The van der Waals surface area contributed by atoms with Crippen LogP contribution in [0.1, 0.15) is 31.9 Å². The van der Waals surface area contributed by atoms with Gasteiger partial charge in [0.05, 0.1) is 18.6 Å². The van der Waals surface area contributed by atoms with Crippen molar-refractivity contribution in [2.75, 3.05) is 11.8 Å². The normalized spacial score (nSPS) is 11.9. The van der Waals surface area contributed by atoms with Crippen LogP contribution in [0.15, 0.2) is 76.6 Å². The van der Waals surface area contributed by atoms with Gasteiger partial charge in [-0.1, -0.05) is 45.0 Å². The monoisotopic (exact) mass is 426 g/mol. The van der Waals surface area contributed by atoms with Crippen molar-refractivity contribution in [3.63, 3.8) is 0 Å². The molecule has 1 N–H and O–H groups in total. The average Bonchev–Trinajstić information content (AvgIpc) is 2.71. The molecule has 0 fully saturated rings. The smallest absolute Gasteiger partial charge is 0.275 e. The molecule has 1 heterocycles. The van der Waals surface area contributed by atoms with Crippen LogP contribution in [0.2, 0.25) is 0 Å². The van der Waals surface area contributed by atoms with E-state index in [0.717, 1.165) is 16.9 Å². The maximum Gasteiger partial charge on any atom is 0.275 e. The van der Waals surface area contributed by atoms with Gasteiger partial charge in [0, 0.05) is 6.20 Å². The van der Waals surface area contributed by atoms with Crippen molar-refractivity contribution >= 4 is 15.7 Å². The molecule has 30 heavy (non-hydrogen) atoms. The van der Waals surface area contributed by atoms with Crippen LogP contribution in [0.25, 0.3) is 0 Å². The third kappa shape index (κ3) is 4.91. The van der Waals surface area contributed by atoms with Gasteiger partial charge in [-0.25, -0.2) is 8.42 Å². The Morgan fingerprint density at radius 2 is 1.60 bits per heavy atom. The molecule has 6 nitrogen and oxygen atoms in total. The first-order valence-corrected chi connectivity index (χ1v) is 11.0. The molecule has 7 heteroatoms. The van der Waals surface area contributed by atoms with E-state index >= 15 is 0 Å². The third-order valence-corrected chi connectivity index (χ3v) is 6.19. The topological polar surface area (TPSA) is 77.4 Å². The summed E-state index contributed by atoms with van der Waals surface area (Å²) >= 11 is 0. The van der Waals surface area contributed by atoms with Crippen LogP contribution < -0.4 is 15.0 Å². The van der Waals surface area contributed by atoms with Crippen molar-refractivity contribution in [1.82, 2.24) is 4.57 Å². The second-order valence-electron chi connectivity index (χ2n) is 8.08. The number of sulfonamides is 1. The average molecular weight is 427 g/mol. The number of pyridine rings is 1. The van der Waals surface area contributed by atoms with Gasteiger partial charge in [0.1, 0.15) is 11.4 Å². The maximum absolute atomic E-state index is 12.8. The summed E-state index contributed by atoms with van der Waals surface area (Å²) in [5.74, 6) is 0.727. The summed E-state index contributed by atoms with van der Waals surface area (Å²) in [6.45, 7) is 6.50. The number of anilines is 1. The van der Waals surface area contributed by atoms with E-state index < -0.39 is 15.6 Å². The van der Waals surface area contributed by atoms with E-state index in [0.29, 0.717) is 6.54 Å². The molecular formula is C23H26N2O4S. The van der Waals surface area contributed by atoms with E-state index in [2.05, 4.69) is 25.5 Å². The summed E-state index contributed by atoms with van der Waals surface area (Å²) < 4.78 is 34.6. The van der Waals surface area contributed by atoms with Gasteiger partial charge in [-0.3, -0.25) is 9.52 Å². The van der Waals surface area contributed by atoms with E-state index in [4.69, 9.17) is 4.74 Å². The minimum absolute atomic E-state index is 0.00547. The molecule has 0 aliphatic rings. The first kappa shape index (κ1) is 21.6. The fraction of sp³-hybridized carbons (Fsp3) is 0.261. The molecule has 0 aliphatic heterocycles. The zero-order chi connectivity index (χ0) is 21.9. The van der Waals surface area contributed by atoms with Gasteiger partial charge in [-0.2, -0.15) is 0 Å². The number of hydrogen-bond acceptors (Lipinski definition) is 4. The fourth-order valence-electron chi connectivity index (χ4n) is 3.00. The molecule has 158 valence electrons. The summed E-state index contributed by atoms with van der Waals surface area (Å²) in [7, 11) is -2.29. The third-order valence-electron chi connectivity index (χ3n) is 4.81. The Hall–Kier alpha value is -3.06. The van der Waals surface area contributed by atoms with Crippen molar-refractivity contribution in [3.8, 4) is 5.75 Å². The molecule has 2 aromatic carbocycles. The molecule has 0 unspecified atom stereocenters. The zero-order valence-electron chi connectivity index (χ0n) is 17.5. The summed E-state index contributed by atoms with van der Waals surface area (Å²) in [6, 6.07) is 17.2. The number of hydrogen-bond donors (Lipinski definition) is 1. The van der Waals surface area contributed by atoms with Gasteiger partial charge < -0.3 is 9.30 Å². The number of nitrogens with zero attached hydrogens (tertiary/aromatic N) is 1. The highest BCUT2D eigenvalue weighted by Gasteiger charge is 2.19. The van der Waals surface area contributed by atoms with Crippen LogP contribution >= 0.6 is 0 Å². The molecule has 0 amide bonds. The van der Waals surface area contributed by atoms with E-state index in [9.17, 15) is 13.2 Å². The molecule has 1 aromatic heterocycles. The van der Waals surface area contributed by atoms with Crippen molar-refractivity contribution in [1.29, 1.82) is 0 Å². The van der Waals surface area contributed by atoms with E-state index in [1.165, 1.54) is 10.6 Å². The van der Waals surface area contributed by atoms with Crippen LogP contribution in [0.3, 0.4) is 0 Å². The summed E-state index contributed by atoms with van der Waals surface area (Å²) in [4.78, 5) is 12.9. The number of nitrogens with one attached hydrogen (secondary N) is 1. The highest BCUT2D eigenvalue weighted by Crippen LogP contribution is 2.24. The SMILES string of the molecule is COc1ccc(Cn2cccc(NS(=O)(=O)c3ccc(C(C)(C)C)cc3)c2=O)cc1. The Bertz CT molecular complexity index is 1170. The van der Waals surface area contributed by atoms with E-state index in [1.807, 2.05) is 24.3 Å². The molecular weight excluding hydrogens is 400 g/mol. The molecule has 0 atom stereocenters. The number of aromatic nitrogens is 1. The van der Waals surface area contributed by atoms with Gasteiger partial charge >= 0.3 is 0 Å². The molecule has 0 radical (unpaired) electrons. The lowest BCUT2D eigenvalue weighted by atomic mass is 9.87. The van der Waals surface area contributed by atoms with Crippen molar-refractivity contribution < 1.29 is 13.2 Å². The van der Waals surface area contributed by atoms with Crippen molar-refractivity contribution in [2.45, 2.75) is 37.6 Å². The molecule has 0 spiro atoms. The Labute approximate surface area is 177 Å². The maximum atomic E-state index is 12.8. The summed E-state index contributed by atoms with van der Waals surface area (Å²) in [6.07, 6.45) is 1.63. The number of ether oxygens (including phenoxy) is 1. The fourth-order valence-corrected chi connectivity index (χ4v) is 4.06. The quantitative estimate of drug-likeness (QED) is 0.646. The summed E-state index contributed by atoms with van der Waals surface area (Å²) in [5.41, 5.74) is 1.44. The van der Waals surface area contributed by atoms with Crippen molar-refractivity contribution in [3.05, 3.63) is 88.3 Å². The minimum Gasteiger partial charge on any atom is -0.497 e. The number of rotatable bonds is 6. The van der Waals surface area contributed by atoms with Crippen LogP contribution in [0.5, 0.6) is 5.75 Å². The van der Waals surface area contributed by atoms with Crippen LogP contribution in [0.4, 0.5) is 5.69 Å². The Morgan fingerprint density at radius 1 is 0.967 bits per heavy atom. The highest BCUT2D eigenvalue weighted by molar-refractivity contribution is 7.92. The zero-order valence-corrected chi connectivity index (χ0v) is 18.4. The first-order valence-electron chi connectivity index (χ1n) is 9.56. The van der Waals surface area contributed by atoms with Gasteiger partial charge in [0.15, 0.2) is 0 Å². The lowest BCUT2D eigenvalue weighted by molar-refractivity contribution is 0.414. The van der Waals surface area contributed by atoms with Crippen LogP contribution in [0, 0.1) is 0 Å². The van der Waals surface area contributed by atoms with Crippen molar-refractivity contribution in [2.24, 2.45) is 0 Å². The van der Waals surface area contributed by atoms with Crippen LogP contribution in [-0.2, 0) is 22.0 Å². The second kappa shape index (κ2) is 8.36. The van der Waals surface area contributed by atoms with Gasteiger partial charge in [-0.15, -0.1) is 0 Å². The first-order chi connectivity index (χ1) is 14.1. The molecule has 0 bridgehead atoms. The summed E-state index contributed by atoms with van der Waals surface area (Å²) in [5, 5.41) is 0. The Kier molecular flexibility index (Phi) is 6.03. The minimum atomic E-state index is -3.88. The molecule has 3 rings (SSSR count). The standard InChI is InChI=1S/C23H26N2O4S/c1-23(2,3)18-9-13-20(14-10-18)30(27,28)24-21-6-5-15-25(22(21)26)16-17-7-11-19(29-4)12-8-17/h5-15,24H,16H2,1-4H3. The second-order valence-corrected chi connectivity index (χ2v) is 9.77. The largest absolute Gasteiger partial charge is 0.497 e. The Balaban J connectivity index is 1.84. The number of methoxy groups -OCH3 is 1. The van der Waals surface area contributed by atoms with Gasteiger partial charge in [0.2, 0.25) is 0 Å². The Morgan fingerprint density at radius 3 is 2.17 bits per heavy atom. The van der Waals surface area contributed by atoms with Crippen LogP contribution in [-0.4, -0.2) is 20.1 Å². The molecule has 0 aliphatic carbocycles. The lowest BCUT2D eigenvalue weighted by Gasteiger charge is -2.19. The highest BCUT2D eigenvalue weighted by atomic mass is 32.2. The van der Waals surface area contributed by atoms with Gasteiger partial charge in [0.25, 0.3) is 15.6 Å².